The third-order valence-electron chi connectivity index (χ3n) is 6.11. The van der Waals surface area contributed by atoms with Crippen molar-refractivity contribution in [3.05, 3.63) is 77.4 Å². The van der Waals surface area contributed by atoms with Crippen molar-refractivity contribution in [3.63, 3.8) is 0 Å². The predicted octanol–water partition coefficient (Wildman–Crippen LogP) is 4.84. The van der Waals surface area contributed by atoms with E-state index in [4.69, 9.17) is 18.9 Å². The number of nitrogens with zero attached hydrogens (tertiary/aromatic N) is 1. The maximum Gasteiger partial charge on any atom is 0.255 e. The summed E-state index contributed by atoms with van der Waals surface area (Å²) in [6.45, 7) is 2.80. The molecule has 8 nitrogen and oxygen atoms in total. The van der Waals surface area contributed by atoms with Crippen LogP contribution in [0.15, 0.2) is 60.7 Å². The summed E-state index contributed by atoms with van der Waals surface area (Å²) in [4.78, 5) is 28.3. The van der Waals surface area contributed by atoms with E-state index in [1.165, 1.54) is 0 Å². The molecule has 0 saturated heterocycles. The van der Waals surface area contributed by atoms with E-state index in [2.05, 4.69) is 5.32 Å². The zero-order chi connectivity index (χ0) is 25.7. The first kappa shape index (κ1) is 24.9. The van der Waals surface area contributed by atoms with Crippen molar-refractivity contribution in [2.24, 2.45) is 0 Å². The van der Waals surface area contributed by atoms with Gasteiger partial charge in [0.15, 0.2) is 11.5 Å². The molecular formula is C28H30N2O6. The van der Waals surface area contributed by atoms with Crippen LogP contribution in [0.1, 0.15) is 40.9 Å². The highest BCUT2D eigenvalue weighted by molar-refractivity contribution is 5.99. The summed E-state index contributed by atoms with van der Waals surface area (Å²) in [7, 11) is 4.66. The molecule has 1 atom stereocenters. The summed E-state index contributed by atoms with van der Waals surface area (Å²) in [5.41, 5.74) is 2.90. The van der Waals surface area contributed by atoms with Crippen molar-refractivity contribution in [3.8, 4) is 23.0 Å². The SMILES string of the molecule is CCOc1ccc([C@H](CC(=O)Nc2cc(OC)cc(OC)c2)N2Cc3ccccc3C2=O)cc1OC. The largest absolute Gasteiger partial charge is 0.497 e. The Bertz CT molecular complexity index is 1240. The van der Waals surface area contributed by atoms with Crippen molar-refractivity contribution in [1.29, 1.82) is 0 Å². The summed E-state index contributed by atoms with van der Waals surface area (Å²) >= 11 is 0. The van der Waals surface area contributed by atoms with Gasteiger partial charge in [-0.1, -0.05) is 24.3 Å². The Balaban J connectivity index is 1.65. The molecule has 1 N–H and O–H groups in total. The van der Waals surface area contributed by atoms with Crippen LogP contribution in [-0.4, -0.2) is 44.7 Å². The molecule has 4 rings (SSSR count). The number of hydrogen-bond donors (Lipinski definition) is 1. The van der Waals surface area contributed by atoms with E-state index in [-0.39, 0.29) is 18.2 Å². The van der Waals surface area contributed by atoms with Gasteiger partial charge in [-0.05, 0) is 36.2 Å². The van der Waals surface area contributed by atoms with E-state index < -0.39 is 6.04 Å². The number of ether oxygens (including phenoxy) is 4. The van der Waals surface area contributed by atoms with Gasteiger partial charge in [-0.25, -0.2) is 0 Å². The molecule has 0 aromatic heterocycles. The summed E-state index contributed by atoms with van der Waals surface area (Å²) in [5, 5.41) is 2.92. The number of rotatable bonds is 10. The number of anilines is 1. The van der Waals surface area contributed by atoms with Crippen LogP contribution in [0.3, 0.4) is 0 Å². The standard InChI is InChI=1S/C28H30N2O6/c1-5-36-25-11-10-18(12-26(25)35-4)24(30-17-19-8-6-7-9-23(19)28(30)32)16-27(31)29-20-13-21(33-2)15-22(14-20)34-3/h6-15,24H,5,16-17H2,1-4H3,(H,29,31)/t24-/m0/s1. The molecule has 0 radical (unpaired) electrons. The molecule has 0 saturated carbocycles. The van der Waals surface area contributed by atoms with E-state index in [1.807, 2.05) is 49.4 Å². The van der Waals surface area contributed by atoms with Crippen LogP contribution < -0.4 is 24.3 Å². The lowest BCUT2D eigenvalue weighted by Crippen LogP contribution is -2.32. The maximum atomic E-state index is 13.3. The van der Waals surface area contributed by atoms with Crippen LogP contribution in [0.2, 0.25) is 0 Å². The Hall–Kier alpha value is -4.20. The third kappa shape index (κ3) is 5.22. The first-order valence-corrected chi connectivity index (χ1v) is 11.7. The molecule has 1 aliphatic rings. The fraction of sp³-hybridized carbons (Fsp3) is 0.286. The first-order valence-electron chi connectivity index (χ1n) is 11.7. The van der Waals surface area contributed by atoms with Crippen LogP contribution in [-0.2, 0) is 11.3 Å². The molecule has 0 bridgehead atoms. The van der Waals surface area contributed by atoms with E-state index in [1.54, 1.807) is 44.4 Å². The Kier molecular flexibility index (Phi) is 7.63. The Morgan fingerprint density at radius 1 is 0.944 bits per heavy atom. The molecule has 8 heteroatoms. The van der Waals surface area contributed by atoms with Gasteiger partial charge in [-0.2, -0.15) is 0 Å². The molecular weight excluding hydrogens is 460 g/mol. The van der Waals surface area contributed by atoms with Gasteiger partial charge in [-0.15, -0.1) is 0 Å². The molecule has 3 aromatic rings. The number of benzene rings is 3. The second kappa shape index (κ2) is 11.0. The van der Waals surface area contributed by atoms with Crippen molar-refractivity contribution < 1.29 is 28.5 Å². The van der Waals surface area contributed by atoms with Gasteiger partial charge < -0.3 is 29.2 Å². The van der Waals surface area contributed by atoms with Crippen LogP contribution in [0.5, 0.6) is 23.0 Å². The van der Waals surface area contributed by atoms with E-state index >= 15 is 0 Å². The molecule has 188 valence electrons. The van der Waals surface area contributed by atoms with Crippen LogP contribution in [0.25, 0.3) is 0 Å². The van der Waals surface area contributed by atoms with Crippen molar-refractivity contribution in [1.82, 2.24) is 4.90 Å². The van der Waals surface area contributed by atoms with Gasteiger partial charge in [0.1, 0.15) is 11.5 Å². The molecule has 3 aromatic carbocycles. The minimum atomic E-state index is -0.526. The lowest BCUT2D eigenvalue weighted by atomic mass is 10.0. The molecule has 1 aliphatic heterocycles. The number of amides is 2. The number of fused-ring (bicyclic) bond motifs is 1. The van der Waals surface area contributed by atoms with Crippen LogP contribution >= 0.6 is 0 Å². The topological polar surface area (TPSA) is 86.3 Å². The third-order valence-corrected chi connectivity index (χ3v) is 6.11. The van der Waals surface area contributed by atoms with E-state index in [0.29, 0.717) is 47.4 Å². The zero-order valence-electron chi connectivity index (χ0n) is 20.9. The van der Waals surface area contributed by atoms with Crippen molar-refractivity contribution in [2.45, 2.75) is 25.9 Å². The van der Waals surface area contributed by atoms with Gasteiger partial charge in [0.2, 0.25) is 5.91 Å². The fourth-order valence-electron chi connectivity index (χ4n) is 4.37. The highest BCUT2D eigenvalue weighted by Crippen LogP contribution is 2.38. The van der Waals surface area contributed by atoms with Crippen LogP contribution in [0, 0.1) is 0 Å². The normalized spacial score (nSPS) is 13.1. The minimum Gasteiger partial charge on any atom is -0.497 e. The monoisotopic (exact) mass is 490 g/mol. The second-order valence-corrected chi connectivity index (χ2v) is 8.30. The average Bonchev–Trinajstić information content (AvgIpc) is 3.23. The molecule has 0 aliphatic carbocycles. The zero-order valence-corrected chi connectivity index (χ0v) is 20.9. The van der Waals surface area contributed by atoms with Gasteiger partial charge in [0, 0.05) is 36.0 Å². The van der Waals surface area contributed by atoms with E-state index in [0.717, 1.165) is 11.1 Å². The molecule has 0 fully saturated rings. The average molecular weight is 491 g/mol. The number of carbonyl (C=O) groups is 2. The molecule has 0 spiro atoms. The number of methoxy groups -OCH3 is 3. The highest BCUT2D eigenvalue weighted by Gasteiger charge is 2.35. The van der Waals surface area contributed by atoms with Gasteiger partial charge in [0.25, 0.3) is 5.91 Å². The predicted molar refractivity (Wildman–Crippen MR) is 136 cm³/mol. The summed E-state index contributed by atoms with van der Waals surface area (Å²) in [6, 6.07) is 17.6. The number of nitrogens with one attached hydrogen (secondary N) is 1. The summed E-state index contributed by atoms with van der Waals surface area (Å²) in [5.74, 6) is 1.89. The molecule has 2 amide bonds. The Morgan fingerprint density at radius 2 is 1.67 bits per heavy atom. The molecule has 1 heterocycles. The quantitative estimate of drug-likeness (QED) is 0.438. The van der Waals surface area contributed by atoms with Crippen molar-refractivity contribution in [2.75, 3.05) is 33.3 Å². The Labute approximate surface area is 210 Å². The Morgan fingerprint density at radius 3 is 2.31 bits per heavy atom. The molecule has 36 heavy (non-hydrogen) atoms. The molecule has 0 unspecified atom stereocenters. The van der Waals surface area contributed by atoms with Crippen LogP contribution in [0.4, 0.5) is 5.69 Å². The lowest BCUT2D eigenvalue weighted by Gasteiger charge is -2.28. The number of hydrogen-bond acceptors (Lipinski definition) is 6. The van der Waals surface area contributed by atoms with Gasteiger partial charge in [0.05, 0.1) is 40.4 Å². The smallest absolute Gasteiger partial charge is 0.255 e. The first-order chi connectivity index (χ1) is 17.5. The second-order valence-electron chi connectivity index (χ2n) is 8.30. The summed E-state index contributed by atoms with van der Waals surface area (Å²) in [6.07, 6.45) is 0.0381. The lowest BCUT2D eigenvalue weighted by molar-refractivity contribution is -0.117. The van der Waals surface area contributed by atoms with E-state index in [9.17, 15) is 9.59 Å². The van der Waals surface area contributed by atoms with Gasteiger partial charge >= 0.3 is 0 Å². The number of carbonyl (C=O) groups excluding carboxylic acids is 2. The van der Waals surface area contributed by atoms with Crippen molar-refractivity contribution >= 4 is 17.5 Å². The highest BCUT2D eigenvalue weighted by atomic mass is 16.5. The summed E-state index contributed by atoms with van der Waals surface area (Å²) < 4.78 is 21.8. The fourth-order valence-corrected chi connectivity index (χ4v) is 4.37. The maximum absolute atomic E-state index is 13.3. The van der Waals surface area contributed by atoms with Gasteiger partial charge in [-0.3, -0.25) is 9.59 Å². The minimum absolute atomic E-state index is 0.0381.